The Morgan fingerprint density at radius 3 is 2.21 bits per heavy atom. The SMILES string of the molecule is CCCCC[C@@H](Cl)[C@@H](O)[C@H](O)[C@H](O)c1ccccc1. The van der Waals surface area contributed by atoms with Gasteiger partial charge in [0.05, 0.1) is 11.5 Å². The third-order valence-corrected chi connectivity index (χ3v) is 3.74. The highest BCUT2D eigenvalue weighted by molar-refractivity contribution is 6.21. The number of hydrogen-bond acceptors (Lipinski definition) is 3. The fourth-order valence-corrected chi connectivity index (χ4v) is 2.31. The molecular weight excluding hydrogens is 264 g/mol. The van der Waals surface area contributed by atoms with E-state index in [0.29, 0.717) is 12.0 Å². The lowest BCUT2D eigenvalue weighted by Gasteiger charge is -2.26. The van der Waals surface area contributed by atoms with Crippen LogP contribution in [0.25, 0.3) is 0 Å². The Balaban J connectivity index is 2.53. The van der Waals surface area contributed by atoms with Crippen molar-refractivity contribution in [1.29, 1.82) is 0 Å². The van der Waals surface area contributed by atoms with Crippen LogP contribution >= 0.6 is 11.6 Å². The molecule has 0 fully saturated rings. The van der Waals surface area contributed by atoms with E-state index < -0.39 is 23.7 Å². The van der Waals surface area contributed by atoms with Gasteiger partial charge in [0, 0.05) is 0 Å². The predicted molar refractivity (Wildman–Crippen MR) is 77.2 cm³/mol. The van der Waals surface area contributed by atoms with E-state index in [9.17, 15) is 15.3 Å². The van der Waals surface area contributed by atoms with Gasteiger partial charge in [-0.15, -0.1) is 11.6 Å². The standard InChI is InChI=1S/C15H23ClO3/c1-2-3-5-10-12(16)14(18)15(19)13(17)11-8-6-4-7-9-11/h4,6-9,12-15,17-19H,2-3,5,10H2,1H3/t12-,13-,14-,15-/m1/s1. The van der Waals surface area contributed by atoms with Crippen molar-refractivity contribution >= 4 is 11.6 Å². The minimum absolute atomic E-state index is 0.542. The average molecular weight is 287 g/mol. The van der Waals surface area contributed by atoms with Crippen molar-refractivity contribution in [3.63, 3.8) is 0 Å². The molecule has 0 saturated heterocycles. The van der Waals surface area contributed by atoms with Crippen LogP contribution in [0, 0.1) is 0 Å². The van der Waals surface area contributed by atoms with Gasteiger partial charge in [-0.1, -0.05) is 56.5 Å². The van der Waals surface area contributed by atoms with Gasteiger partial charge in [-0.05, 0) is 12.0 Å². The number of hydrogen-bond donors (Lipinski definition) is 3. The second-order valence-corrected chi connectivity index (χ2v) is 5.41. The first-order valence-electron chi connectivity index (χ1n) is 6.81. The van der Waals surface area contributed by atoms with Crippen molar-refractivity contribution in [3.8, 4) is 0 Å². The molecule has 1 aromatic rings. The Bertz CT molecular complexity index is 345. The van der Waals surface area contributed by atoms with Gasteiger partial charge in [-0.3, -0.25) is 0 Å². The van der Waals surface area contributed by atoms with Crippen molar-refractivity contribution < 1.29 is 15.3 Å². The highest BCUT2D eigenvalue weighted by Gasteiger charge is 2.30. The summed E-state index contributed by atoms with van der Waals surface area (Å²) in [6.45, 7) is 2.09. The zero-order valence-corrected chi connectivity index (χ0v) is 12.0. The first-order chi connectivity index (χ1) is 9.07. The van der Waals surface area contributed by atoms with Gasteiger partial charge in [0.25, 0.3) is 0 Å². The van der Waals surface area contributed by atoms with Crippen molar-refractivity contribution in [2.24, 2.45) is 0 Å². The zero-order chi connectivity index (χ0) is 14.3. The minimum atomic E-state index is -1.27. The second-order valence-electron chi connectivity index (χ2n) is 4.85. The van der Waals surface area contributed by atoms with Crippen LogP contribution in [0.4, 0.5) is 0 Å². The summed E-state index contributed by atoms with van der Waals surface area (Å²) in [4.78, 5) is 0. The third-order valence-electron chi connectivity index (χ3n) is 3.27. The maximum Gasteiger partial charge on any atom is 0.111 e. The summed E-state index contributed by atoms with van der Waals surface area (Å²) in [6.07, 6.45) is 0.150. The van der Waals surface area contributed by atoms with Gasteiger partial charge in [0.2, 0.25) is 0 Å². The molecule has 0 aromatic heterocycles. The smallest absolute Gasteiger partial charge is 0.111 e. The molecule has 0 unspecified atom stereocenters. The number of aliphatic hydroxyl groups is 3. The molecule has 4 atom stereocenters. The summed E-state index contributed by atoms with van der Waals surface area (Å²) in [5.41, 5.74) is 0.575. The fourth-order valence-electron chi connectivity index (χ4n) is 2.01. The lowest BCUT2D eigenvalue weighted by Crippen LogP contribution is -2.38. The van der Waals surface area contributed by atoms with Crippen LogP contribution in [0.5, 0.6) is 0 Å². The molecule has 4 heteroatoms. The number of alkyl halides is 1. The molecule has 1 aromatic carbocycles. The Morgan fingerprint density at radius 1 is 1.00 bits per heavy atom. The third kappa shape index (κ3) is 5.11. The molecule has 0 saturated carbocycles. The first kappa shape index (κ1) is 16.4. The van der Waals surface area contributed by atoms with E-state index in [-0.39, 0.29) is 0 Å². The highest BCUT2D eigenvalue weighted by atomic mass is 35.5. The van der Waals surface area contributed by atoms with E-state index in [1.807, 2.05) is 6.07 Å². The number of unbranched alkanes of at least 4 members (excludes halogenated alkanes) is 2. The maximum absolute atomic E-state index is 10.0. The summed E-state index contributed by atoms with van der Waals surface area (Å²) < 4.78 is 0. The van der Waals surface area contributed by atoms with Gasteiger partial charge < -0.3 is 15.3 Å². The van der Waals surface area contributed by atoms with E-state index in [1.165, 1.54) is 0 Å². The number of aliphatic hydroxyl groups excluding tert-OH is 3. The second kappa shape index (κ2) is 8.54. The molecule has 0 spiro atoms. The monoisotopic (exact) mass is 286 g/mol. The predicted octanol–water partition coefficient (Wildman–Crippen LogP) is 2.63. The zero-order valence-electron chi connectivity index (χ0n) is 11.2. The fraction of sp³-hybridized carbons (Fsp3) is 0.600. The van der Waals surface area contributed by atoms with Gasteiger partial charge >= 0.3 is 0 Å². The van der Waals surface area contributed by atoms with Gasteiger partial charge in [0.15, 0.2) is 0 Å². The van der Waals surface area contributed by atoms with E-state index in [1.54, 1.807) is 24.3 Å². The minimum Gasteiger partial charge on any atom is -0.389 e. The van der Waals surface area contributed by atoms with Crippen LogP contribution in [0.1, 0.15) is 44.3 Å². The highest BCUT2D eigenvalue weighted by Crippen LogP contribution is 2.24. The number of benzene rings is 1. The molecule has 3 nitrogen and oxygen atoms in total. The Kier molecular flexibility index (Phi) is 7.39. The van der Waals surface area contributed by atoms with Crippen molar-refractivity contribution in [2.45, 2.75) is 56.3 Å². The summed E-state index contributed by atoms with van der Waals surface area (Å²) in [7, 11) is 0. The summed E-state index contributed by atoms with van der Waals surface area (Å²) in [5.74, 6) is 0. The maximum atomic E-state index is 10.0. The van der Waals surface area contributed by atoms with Crippen molar-refractivity contribution in [1.82, 2.24) is 0 Å². The van der Waals surface area contributed by atoms with Crippen molar-refractivity contribution in [3.05, 3.63) is 35.9 Å². The van der Waals surface area contributed by atoms with E-state index in [4.69, 9.17) is 11.6 Å². The molecular formula is C15H23ClO3. The molecule has 1 rings (SSSR count). The van der Waals surface area contributed by atoms with Gasteiger partial charge in [-0.2, -0.15) is 0 Å². The largest absolute Gasteiger partial charge is 0.389 e. The van der Waals surface area contributed by atoms with E-state index in [2.05, 4.69) is 6.92 Å². The number of rotatable bonds is 8. The summed E-state index contributed by atoms with van der Waals surface area (Å²) in [6, 6.07) is 8.80. The van der Waals surface area contributed by atoms with Crippen LogP contribution in [0.3, 0.4) is 0 Å². The topological polar surface area (TPSA) is 60.7 Å². The molecule has 0 aliphatic rings. The van der Waals surface area contributed by atoms with Crippen molar-refractivity contribution in [2.75, 3.05) is 0 Å². The lowest BCUT2D eigenvalue weighted by atomic mass is 9.96. The Labute approximate surface area is 119 Å². The quantitative estimate of drug-likeness (QED) is 0.508. The normalized spacial score (nSPS) is 17.7. The molecule has 0 amide bonds. The van der Waals surface area contributed by atoms with E-state index >= 15 is 0 Å². The molecule has 0 radical (unpaired) electrons. The summed E-state index contributed by atoms with van der Waals surface area (Å²) >= 11 is 6.07. The Hall–Kier alpha value is -0.610. The first-order valence-corrected chi connectivity index (χ1v) is 7.24. The molecule has 19 heavy (non-hydrogen) atoms. The molecule has 108 valence electrons. The van der Waals surface area contributed by atoms with Crippen LogP contribution < -0.4 is 0 Å². The van der Waals surface area contributed by atoms with Crippen LogP contribution in [-0.4, -0.2) is 32.9 Å². The summed E-state index contributed by atoms with van der Waals surface area (Å²) in [5, 5.41) is 29.4. The van der Waals surface area contributed by atoms with Crippen LogP contribution in [0.2, 0.25) is 0 Å². The lowest BCUT2D eigenvalue weighted by molar-refractivity contribution is -0.0622. The number of halogens is 1. The van der Waals surface area contributed by atoms with Crippen LogP contribution in [0.15, 0.2) is 30.3 Å². The van der Waals surface area contributed by atoms with Crippen LogP contribution in [-0.2, 0) is 0 Å². The molecule has 0 bridgehead atoms. The van der Waals surface area contributed by atoms with E-state index in [0.717, 1.165) is 19.3 Å². The average Bonchev–Trinajstić information content (AvgIpc) is 2.46. The molecule has 3 N–H and O–H groups in total. The molecule has 0 heterocycles. The van der Waals surface area contributed by atoms with Gasteiger partial charge in [0.1, 0.15) is 12.2 Å². The Morgan fingerprint density at radius 2 is 1.63 bits per heavy atom. The molecule has 0 aliphatic carbocycles. The molecule has 0 aliphatic heterocycles. The van der Waals surface area contributed by atoms with Gasteiger partial charge in [-0.25, -0.2) is 0 Å².